The lowest BCUT2D eigenvalue weighted by atomic mass is 9.73. The first kappa shape index (κ1) is 22.6. The number of fused-ring (bicyclic) bond motifs is 1. The van der Waals surface area contributed by atoms with E-state index in [4.69, 9.17) is 9.47 Å². The van der Waals surface area contributed by atoms with Crippen molar-refractivity contribution < 1.29 is 14.6 Å². The van der Waals surface area contributed by atoms with Gasteiger partial charge in [0.05, 0.1) is 5.54 Å². The van der Waals surface area contributed by atoms with Crippen molar-refractivity contribution in [2.45, 2.75) is 71.6 Å². The molecule has 0 bridgehead atoms. The summed E-state index contributed by atoms with van der Waals surface area (Å²) in [5.41, 5.74) is 5.01. The fourth-order valence-electron chi connectivity index (χ4n) is 5.21. The third kappa shape index (κ3) is 3.86. The quantitative estimate of drug-likeness (QED) is 0.596. The van der Waals surface area contributed by atoms with Gasteiger partial charge in [0.15, 0.2) is 0 Å². The number of aliphatic hydroxyl groups excluding tert-OH is 1. The number of nitrogens with zero attached hydrogens (tertiary/aromatic N) is 1. The Balaban J connectivity index is 1.72. The van der Waals surface area contributed by atoms with Crippen LogP contribution in [0.4, 0.5) is 0 Å². The summed E-state index contributed by atoms with van der Waals surface area (Å²) in [6.07, 6.45) is 6.69. The summed E-state index contributed by atoms with van der Waals surface area (Å²) in [4.78, 5) is 4.66. The zero-order valence-corrected chi connectivity index (χ0v) is 20.1. The van der Waals surface area contributed by atoms with E-state index >= 15 is 0 Å². The van der Waals surface area contributed by atoms with Gasteiger partial charge in [-0.25, -0.2) is 0 Å². The summed E-state index contributed by atoms with van der Waals surface area (Å²) in [6.45, 7) is 13.4. The summed E-state index contributed by atoms with van der Waals surface area (Å²) in [6, 6.07) is 10.3. The van der Waals surface area contributed by atoms with Gasteiger partial charge in [-0.1, -0.05) is 36.4 Å². The van der Waals surface area contributed by atoms with Crippen LogP contribution in [0.25, 0.3) is 0 Å². The highest BCUT2D eigenvalue weighted by Crippen LogP contribution is 2.54. The standard InChI is InChI=1S/C28H35NO3/c1-18-19(2)26-24(20(3)25(18)31-17-21-11-8-7-9-12-21)23(27(4,5)32-26)15-22(16-30)28(6)13-10-14-29-28/h7-14,22-23,30H,15-17H2,1-6H3. The Hall–Kier alpha value is -2.59. The molecule has 3 atom stereocenters. The first-order chi connectivity index (χ1) is 15.2. The second-order valence-corrected chi connectivity index (χ2v) is 9.96. The van der Waals surface area contributed by atoms with Crippen LogP contribution < -0.4 is 9.47 Å². The van der Waals surface area contributed by atoms with Gasteiger partial charge in [-0.05, 0) is 76.3 Å². The number of aliphatic hydroxyl groups is 1. The minimum atomic E-state index is -0.381. The molecule has 4 heteroatoms. The van der Waals surface area contributed by atoms with Gasteiger partial charge in [0, 0.05) is 30.2 Å². The topological polar surface area (TPSA) is 51.0 Å². The molecule has 0 amide bonds. The number of aliphatic imine (C=N–C) groups is 1. The molecule has 0 fully saturated rings. The van der Waals surface area contributed by atoms with Gasteiger partial charge in [-0.15, -0.1) is 0 Å². The smallest absolute Gasteiger partial charge is 0.127 e. The van der Waals surface area contributed by atoms with Crippen LogP contribution in [0.3, 0.4) is 0 Å². The van der Waals surface area contributed by atoms with E-state index in [1.54, 1.807) is 0 Å². The zero-order chi connectivity index (χ0) is 23.1. The van der Waals surface area contributed by atoms with Gasteiger partial charge in [0.1, 0.15) is 23.7 Å². The largest absolute Gasteiger partial charge is 0.488 e. The lowest BCUT2D eigenvalue weighted by molar-refractivity contribution is 0.0821. The van der Waals surface area contributed by atoms with Crippen LogP contribution >= 0.6 is 0 Å². The molecule has 1 N–H and O–H groups in total. The van der Waals surface area contributed by atoms with Gasteiger partial charge in [0.25, 0.3) is 0 Å². The summed E-state index contributed by atoms with van der Waals surface area (Å²) in [5, 5.41) is 10.3. The highest BCUT2D eigenvalue weighted by Gasteiger charge is 2.47. The molecule has 4 nitrogen and oxygen atoms in total. The van der Waals surface area contributed by atoms with E-state index in [0.29, 0.717) is 6.61 Å². The molecule has 3 unspecified atom stereocenters. The summed E-state index contributed by atoms with van der Waals surface area (Å²) >= 11 is 0. The molecular weight excluding hydrogens is 398 g/mol. The average molecular weight is 434 g/mol. The first-order valence-electron chi connectivity index (χ1n) is 11.5. The monoisotopic (exact) mass is 433 g/mol. The normalized spacial score (nSPS) is 23.8. The van der Waals surface area contributed by atoms with Gasteiger partial charge in [-0.3, -0.25) is 4.99 Å². The third-order valence-corrected chi connectivity index (χ3v) is 7.45. The number of allylic oxidation sites excluding steroid dienone is 1. The molecule has 2 heterocycles. The first-order valence-corrected chi connectivity index (χ1v) is 11.5. The van der Waals surface area contributed by atoms with E-state index in [-0.39, 0.29) is 29.6 Å². The Morgan fingerprint density at radius 3 is 2.41 bits per heavy atom. The molecule has 0 saturated carbocycles. The van der Waals surface area contributed by atoms with Crippen LogP contribution in [0.2, 0.25) is 0 Å². The Kier molecular flexibility index (Phi) is 5.93. The predicted octanol–water partition coefficient (Wildman–Crippen LogP) is 5.84. The molecule has 170 valence electrons. The molecule has 2 aliphatic rings. The molecule has 2 aromatic carbocycles. The summed E-state index contributed by atoms with van der Waals surface area (Å²) in [7, 11) is 0. The maximum atomic E-state index is 10.3. The van der Waals surface area contributed by atoms with Gasteiger partial charge in [-0.2, -0.15) is 0 Å². The SMILES string of the molecule is Cc1c(C)c2c(c(C)c1OCc1ccccc1)C(CC(CO)C1(C)C=CC=N1)C(C)(C)O2. The molecule has 32 heavy (non-hydrogen) atoms. The molecule has 0 radical (unpaired) electrons. The Labute approximate surface area is 192 Å². The molecule has 2 aromatic rings. The van der Waals surface area contributed by atoms with E-state index in [1.807, 2.05) is 30.5 Å². The van der Waals surface area contributed by atoms with Crippen molar-refractivity contribution in [1.29, 1.82) is 0 Å². The van der Waals surface area contributed by atoms with Gasteiger partial charge >= 0.3 is 0 Å². The Morgan fingerprint density at radius 1 is 1.06 bits per heavy atom. The van der Waals surface area contributed by atoms with Crippen molar-refractivity contribution >= 4 is 6.21 Å². The van der Waals surface area contributed by atoms with Crippen LogP contribution in [0.15, 0.2) is 47.5 Å². The van der Waals surface area contributed by atoms with Gasteiger partial charge < -0.3 is 14.6 Å². The Bertz CT molecular complexity index is 1040. The van der Waals surface area contributed by atoms with E-state index in [0.717, 1.165) is 40.2 Å². The third-order valence-electron chi connectivity index (χ3n) is 7.45. The maximum Gasteiger partial charge on any atom is 0.127 e. The van der Waals surface area contributed by atoms with Crippen molar-refractivity contribution in [3.63, 3.8) is 0 Å². The van der Waals surface area contributed by atoms with Crippen molar-refractivity contribution in [3.05, 3.63) is 70.3 Å². The van der Waals surface area contributed by atoms with Crippen molar-refractivity contribution in [2.75, 3.05) is 6.61 Å². The molecule has 4 rings (SSSR count). The predicted molar refractivity (Wildman–Crippen MR) is 130 cm³/mol. The molecule has 0 saturated heterocycles. The van der Waals surface area contributed by atoms with Crippen LogP contribution in [-0.2, 0) is 6.61 Å². The zero-order valence-electron chi connectivity index (χ0n) is 20.1. The second kappa shape index (κ2) is 8.40. The highest BCUT2D eigenvalue weighted by atomic mass is 16.5. The number of hydrogen-bond acceptors (Lipinski definition) is 4. The number of benzene rings is 2. The van der Waals surface area contributed by atoms with E-state index in [2.05, 4.69) is 64.7 Å². The Morgan fingerprint density at radius 2 is 1.78 bits per heavy atom. The van der Waals surface area contributed by atoms with E-state index in [9.17, 15) is 5.11 Å². The van der Waals surface area contributed by atoms with Crippen LogP contribution in [-0.4, -0.2) is 29.1 Å². The van der Waals surface area contributed by atoms with Gasteiger partial charge in [0.2, 0.25) is 0 Å². The number of rotatable bonds is 7. The summed E-state index contributed by atoms with van der Waals surface area (Å²) < 4.78 is 13.0. The van der Waals surface area contributed by atoms with Crippen LogP contribution in [0.5, 0.6) is 11.5 Å². The van der Waals surface area contributed by atoms with Crippen LogP contribution in [0, 0.1) is 26.7 Å². The van der Waals surface area contributed by atoms with Crippen LogP contribution in [0.1, 0.15) is 60.9 Å². The minimum Gasteiger partial charge on any atom is -0.488 e. The van der Waals surface area contributed by atoms with Crippen molar-refractivity contribution in [1.82, 2.24) is 0 Å². The number of ether oxygens (including phenoxy) is 2. The molecule has 0 spiro atoms. The molecule has 0 aromatic heterocycles. The second-order valence-electron chi connectivity index (χ2n) is 9.96. The van der Waals surface area contributed by atoms with E-state index < -0.39 is 0 Å². The summed E-state index contributed by atoms with van der Waals surface area (Å²) in [5.74, 6) is 2.07. The fourth-order valence-corrected chi connectivity index (χ4v) is 5.21. The lowest BCUT2D eigenvalue weighted by Gasteiger charge is -2.35. The molecule has 0 aliphatic carbocycles. The molecule has 2 aliphatic heterocycles. The fraction of sp³-hybridized carbons (Fsp3) is 0.464. The maximum absolute atomic E-state index is 10.3. The number of hydrogen-bond donors (Lipinski definition) is 1. The van der Waals surface area contributed by atoms with Crippen molar-refractivity contribution in [2.24, 2.45) is 10.9 Å². The van der Waals surface area contributed by atoms with Crippen molar-refractivity contribution in [3.8, 4) is 11.5 Å². The van der Waals surface area contributed by atoms with E-state index in [1.165, 1.54) is 5.56 Å². The lowest BCUT2D eigenvalue weighted by Crippen LogP contribution is -2.38. The molecular formula is C28H35NO3. The average Bonchev–Trinajstić information content (AvgIpc) is 3.32. The highest BCUT2D eigenvalue weighted by molar-refractivity contribution is 5.75. The minimum absolute atomic E-state index is 0.00558.